The van der Waals surface area contributed by atoms with E-state index in [4.69, 9.17) is 16.9 Å². The number of halogens is 2. The van der Waals surface area contributed by atoms with Crippen molar-refractivity contribution in [3.05, 3.63) is 62.2 Å². The summed E-state index contributed by atoms with van der Waals surface area (Å²) in [5.41, 5.74) is 1.68. The largest absolute Gasteiger partial charge is 0.322 e. The molecule has 0 fully saturated rings. The van der Waals surface area contributed by atoms with E-state index in [1.165, 1.54) is 0 Å². The number of nitriles is 1. The molecule has 5 heteroatoms. The fourth-order valence-electron chi connectivity index (χ4n) is 1.47. The van der Waals surface area contributed by atoms with Gasteiger partial charge in [0.15, 0.2) is 0 Å². The first-order chi connectivity index (χ1) is 9.10. The molecule has 0 bridgehead atoms. The molecule has 0 aromatic heterocycles. The molecule has 2 aromatic carbocycles. The van der Waals surface area contributed by atoms with Gasteiger partial charge in [-0.3, -0.25) is 4.79 Å². The molecule has 0 spiro atoms. The van der Waals surface area contributed by atoms with Gasteiger partial charge in [-0.2, -0.15) is 5.26 Å². The van der Waals surface area contributed by atoms with Crippen LogP contribution >= 0.6 is 34.2 Å². The summed E-state index contributed by atoms with van der Waals surface area (Å²) in [6.07, 6.45) is 0. The third-order valence-corrected chi connectivity index (χ3v) is 4.03. The van der Waals surface area contributed by atoms with E-state index < -0.39 is 0 Å². The van der Waals surface area contributed by atoms with Crippen molar-refractivity contribution < 1.29 is 4.79 Å². The average Bonchev–Trinajstić information content (AvgIpc) is 2.42. The molecular weight excluding hydrogens is 375 g/mol. The predicted molar refractivity (Wildman–Crippen MR) is 83.3 cm³/mol. The van der Waals surface area contributed by atoms with E-state index in [2.05, 4.69) is 27.9 Å². The molecule has 0 saturated carbocycles. The van der Waals surface area contributed by atoms with E-state index in [1.54, 1.807) is 42.5 Å². The fourth-order valence-corrected chi connectivity index (χ4v) is 1.98. The molecule has 0 radical (unpaired) electrons. The Kier molecular flexibility index (Phi) is 4.40. The Hall–Kier alpha value is -1.58. The Morgan fingerprint density at radius 2 is 1.89 bits per heavy atom. The molecule has 94 valence electrons. The van der Waals surface area contributed by atoms with Crippen molar-refractivity contribution in [3.63, 3.8) is 0 Å². The number of carbonyl (C=O) groups excluding carboxylic acids is 1. The highest BCUT2D eigenvalue weighted by molar-refractivity contribution is 14.1. The van der Waals surface area contributed by atoms with Crippen LogP contribution in [0.25, 0.3) is 0 Å². The first kappa shape index (κ1) is 13.8. The summed E-state index contributed by atoms with van der Waals surface area (Å²) in [7, 11) is 0. The highest BCUT2D eigenvalue weighted by atomic mass is 127. The SMILES string of the molecule is N#Cc1ccc(NC(=O)c2ccc(I)c(Cl)c2)cc1. The fraction of sp³-hybridized carbons (Fsp3) is 0. The molecule has 0 atom stereocenters. The second-order valence-electron chi connectivity index (χ2n) is 3.77. The normalized spacial score (nSPS) is 9.74. The molecule has 1 amide bonds. The van der Waals surface area contributed by atoms with Gasteiger partial charge in [-0.05, 0) is 65.1 Å². The molecule has 0 aliphatic carbocycles. The van der Waals surface area contributed by atoms with Crippen molar-refractivity contribution >= 4 is 45.8 Å². The van der Waals surface area contributed by atoms with Gasteiger partial charge in [-0.15, -0.1) is 0 Å². The molecule has 2 aromatic rings. The first-order valence-electron chi connectivity index (χ1n) is 5.37. The van der Waals surface area contributed by atoms with Crippen molar-refractivity contribution in [2.45, 2.75) is 0 Å². The molecule has 0 heterocycles. The van der Waals surface area contributed by atoms with E-state index in [0.717, 1.165) is 3.57 Å². The van der Waals surface area contributed by atoms with E-state index >= 15 is 0 Å². The zero-order valence-corrected chi connectivity index (χ0v) is 12.6. The summed E-state index contributed by atoms with van der Waals surface area (Å²) >= 11 is 8.08. The molecule has 19 heavy (non-hydrogen) atoms. The Morgan fingerprint density at radius 3 is 2.47 bits per heavy atom. The van der Waals surface area contributed by atoms with Gasteiger partial charge in [0.1, 0.15) is 0 Å². The number of benzene rings is 2. The molecule has 2 rings (SSSR count). The lowest BCUT2D eigenvalue weighted by Gasteiger charge is -2.06. The van der Waals surface area contributed by atoms with Crippen LogP contribution in [0, 0.1) is 14.9 Å². The third-order valence-electron chi connectivity index (χ3n) is 2.45. The quantitative estimate of drug-likeness (QED) is 0.796. The van der Waals surface area contributed by atoms with Crippen molar-refractivity contribution in [2.75, 3.05) is 5.32 Å². The predicted octanol–water partition coefficient (Wildman–Crippen LogP) is 4.07. The van der Waals surface area contributed by atoms with Gasteiger partial charge in [0.2, 0.25) is 0 Å². The van der Waals surface area contributed by atoms with Crippen LogP contribution < -0.4 is 5.32 Å². The minimum Gasteiger partial charge on any atom is -0.322 e. The standard InChI is InChI=1S/C14H8ClIN2O/c15-12-7-10(3-6-13(12)16)14(19)18-11-4-1-9(8-17)2-5-11/h1-7H,(H,18,19). The molecule has 1 N–H and O–H groups in total. The summed E-state index contributed by atoms with van der Waals surface area (Å²) in [6.45, 7) is 0. The number of anilines is 1. The number of carbonyl (C=O) groups is 1. The number of hydrogen-bond acceptors (Lipinski definition) is 2. The van der Waals surface area contributed by atoms with Gasteiger partial charge < -0.3 is 5.32 Å². The van der Waals surface area contributed by atoms with Crippen LogP contribution in [0.4, 0.5) is 5.69 Å². The summed E-state index contributed by atoms with van der Waals surface area (Å²) in [6, 6.07) is 13.8. The van der Waals surface area contributed by atoms with Crippen LogP contribution in [0.3, 0.4) is 0 Å². The maximum Gasteiger partial charge on any atom is 0.255 e. The number of amides is 1. The average molecular weight is 383 g/mol. The summed E-state index contributed by atoms with van der Waals surface area (Å²) < 4.78 is 0.897. The van der Waals surface area contributed by atoms with Crippen molar-refractivity contribution in [2.24, 2.45) is 0 Å². The number of hydrogen-bond donors (Lipinski definition) is 1. The van der Waals surface area contributed by atoms with Crippen LogP contribution in [0.15, 0.2) is 42.5 Å². The number of rotatable bonds is 2. The Labute approximate surface area is 129 Å². The minimum absolute atomic E-state index is 0.233. The zero-order chi connectivity index (χ0) is 13.8. The molecular formula is C14H8ClIN2O. The second-order valence-corrected chi connectivity index (χ2v) is 5.34. The zero-order valence-electron chi connectivity index (χ0n) is 9.65. The van der Waals surface area contributed by atoms with Gasteiger partial charge >= 0.3 is 0 Å². The van der Waals surface area contributed by atoms with Crippen LogP contribution in [-0.4, -0.2) is 5.91 Å². The lowest BCUT2D eigenvalue weighted by atomic mass is 10.2. The number of nitrogens with zero attached hydrogens (tertiary/aromatic N) is 1. The molecule has 0 unspecified atom stereocenters. The maximum absolute atomic E-state index is 12.0. The topological polar surface area (TPSA) is 52.9 Å². The molecule has 3 nitrogen and oxygen atoms in total. The highest BCUT2D eigenvalue weighted by Crippen LogP contribution is 2.20. The highest BCUT2D eigenvalue weighted by Gasteiger charge is 2.08. The first-order valence-corrected chi connectivity index (χ1v) is 6.82. The van der Waals surface area contributed by atoms with Gasteiger partial charge in [0.25, 0.3) is 5.91 Å². The minimum atomic E-state index is -0.233. The van der Waals surface area contributed by atoms with E-state index in [0.29, 0.717) is 21.8 Å². The summed E-state index contributed by atoms with van der Waals surface area (Å²) in [5.74, 6) is -0.233. The van der Waals surface area contributed by atoms with Gasteiger partial charge in [-0.1, -0.05) is 11.6 Å². The van der Waals surface area contributed by atoms with Crippen molar-refractivity contribution in [3.8, 4) is 6.07 Å². The van der Waals surface area contributed by atoms with Gasteiger partial charge in [-0.25, -0.2) is 0 Å². The van der Waals surface area contributed by atoms with Gasteiger partial charge in [0, 0.05) is 14.8 Å². The van der Waals surface area contributed by atoms with Crippen molar-refractivity contribution in [1.82, 2.24) is 0 Å². The molecule has 0 saturated heterocycles. The lowest BCUT2D eigenvalue weighted by molar-refractivity contribution is 0.102. The summed E-state index contributed by atoms with van der Waals surface area (Å²) in [5, 5.41) is 12.0. The summed E-state index contributed by atoms with van der Waals surface area (Å²) in [4.78, 5) is 12.0. The second kappa shape index (κ2) is 6.04. The van der Waals surface area contributed by atoms with Crippen molar-refractivity contribution in [1.29, 1.82) is 5.26 Å². The van der Waals surface area contributed by atoms with E-state index in [-0.39, 0.29) is 5.91 Å². The maximum atomic E-state index is 12.0. The van der Waals surface area contributed by atoms with E-state index in [1.807, 2.05) is 6.07 Å². The Bertz CT molecular complexity index is 662. The molecule has 0 aliphatic heterocycles. The Morgan fingerprint density at radius 1 is 1.21 bits per heavy atom. The van der Waals surface area contributed by atoms with Crippen LogP contribution in [0.5, 0.6) is 0 Å². The molecule has 0 aliphatic rings. The van der Waals surface area contributed by atoms with Crippen LogP contribution in [0.2, 0.25) is 5.02 Å². The monoisotopic (exact) mass is 382 g/mol. The van der Waals surface area contributed by atoms with Crippen LogP contribution in [0.1, 0.15) is 15.9 Å². The van der Waals surface area contributed by atoms with E-state index in [9.17, 15) is 4.79 Å². The lowest BCUT2D eigenvalue weighted by Crippen LogP contribution is -2.11. The van der Waals surface area contributed by atoms with Gasteiger partial charge in [0.05, 0.1) is 16.7 Å². The Balaban J connectivity index is 2.16. The van der Waals surface area contributed by atoms with Crippen LogP contribution in [-0.2, 0) is 0 Å². The smallest absolute Gasteiger partial charge is 0.255 e. The number of nitrogens with one attached hydrogen (secondary N) is 1. The third kappa shape index (κ3) is 3.46.